The molecule has 0 radical (unpaired) electrons. The monoisotopic (exact) mass is 323 g/mol. The molecule has 0 unspecified atom stereocenters. The lowest BCUT2D eigenvalue weighted by Gasteiger charge is -2.03. The molecule has 24 heavy (non-hydrogen) atoms. The molecule has 0 amide bonds. The second kappa shape index (κ2) is 6.91. The van der Waals surface area contributed by atoms with Crippen LogP contribution in [0.1, 0.15) is 11.1 Å². The van der Waals surface area contributed by atoms with Gasteiger partial charge in [0.15, 0.2) is 5.70 Å². The fourth-order valence-corrected chi connectivity index (χ4v) is 2.16. The summed E-state index contributed by atoms with van der Waals surface area (Å²) in [6, 6.07) is 12.9. The smallest absolute Gasteiger partial charge is 0.363 e. The molecular weight excluding hydrogens is 309 g/mol. The SMILES string of the molecule is C=CCOc1cccc(/C=C2\N=C(c3cccc(F)c3)OC2=O)c1. The topological polar surface area (TPSA) is 47.9 Å². The first kappa shape index (κ1) is 15.7. The summed E-state index contributed by atoms with van der Waals surface area (Å²) >= 11 is 0. The molecule has 0 aliphatic carbocycles. The molecule has 0 aromatic heterocycles. The van der Waals surface area contributed by atoms with Gasteiger partial charge in [-0.05, 0) is 42.0 Å². The number of carbonyl (C=O) groups excluding carboxylic acids is 1. The van der Waals surface area contributed by atoms with E-state index < -0.39 is 11.8 Å². The summed E-state index contributed by atoms with van der Waals surface area (Å²) in [4.78, 5) is 16.1. The number of nitrogens with zero attached hydrogens (tertiary/aromatic N) is 1. The van der Waals surface area contributed by atoms with Crippen LogP contribution >= 0.6 is 0 Å². The van der Waals surface area contributed by atoms with Crippen LogP contribution in [0.3, 0.4) is 0 Å². The van der Waals surface area contributed by atoms with E-state index in [1.165, 1.54) is 18.2 Å². The molecule has 0 saturated carbocycles. The van der Waals surface area contributed by atoms with Gasteiger partial charge in [0.05, 0.1) is 0 Å². The Balaban J connectivity index is 1.87. The van der Waals surface area contributed by atoms with Crippen molar-refractivity contribution < 1.29 is 18.7 Å². The van der Waals surface area contributed by atoms with Gasteiger partial charge in [-0.1, -0.05) is 30.9 Å². The van der Waals surface area contributed by atoms with Crippen molar-refractivity contribution in [2.75, 3.05) is 6.61 Å². The summed E-state index contributed by atoms with van der Waals surface area (Å²) in [6.07, 6.45) is 3.24. The molecule has 1 aliphatic rings. The molecule has 0 N–H and O–H groups in total. The molecular formula is C19H14FNO3. The third kappa shape index (κ3) is 3.57. The van der Waals surface area contributed by atoms with E-state index in [4.69, 9.17) is 9.47 Å². The summed E-state index contributed by atoms with van der Waals surface area (Å²) in [5.74, 6) is -0.253. The number of carbonyl (C=O) groups is 1. The Morgan fingerprint density at radius 3 is 2.83 bits per heavy atom. The molecule has 1 aliphatic heterocycles. The average Bonchev–Trinajstić information content (AvgIpc) is 2.94. The van der Waals surface area contributed by atoms with Gasteiger partial charge >= 0.3 is 5.97 Å². The lowest BCUT2D eigenvalue weighted by Crippen LogP contribution is -2.05. The highest BCUT2D eigenvalue weighted by atomic mass is 19.1. The number of rotatable bonds is 5. The predicted octanol–water partition coefficient (Wildman–Crippen LogP) is 3.74. The summed E-state index contributed by atoms with van der Waals surface area (Å²) in [5, 5.41) is 0. The number of halogens is 1. The van der Waals surface area contributed by atoms with Crippen LogP contribution in [0.25, 0.3) is 6.08 Å². The van der Waals surface area contributed by atoms with E-state index in [-0.39, 0.29) is 11.6 Å². The van der Waals surface area contributed by atoms with E-state index in [2.05, 4.69) is 11.6 Å². The van der Waals surface area contributed by atoms with Crippen molar-refractivity contribution in [3.63, 3.8) is 0 Å². The molecule has 0 spiro atoms. The van der Waals surface area contributed by atoms with Crippen LogP contribution < -0.4 is 4.74 Å². The lowest BCUT2D eigenvalue weighted by atomic mass is 10.2. The molecule has 5 heteroatoms. The van der Waals surface area contributed by atoms with Crippen molar-refractivity contribution in [3.8, 4) is 5.75 Å². The third-order valence-corrected chi connectivity index (χ3v) is 3.22. The largest absolute Gasteiger partial charge is 0.490 e. The number of hydrogen-bond donors (Lipinski definition) is 0. The Morgan fingerprint density at radius 2 is 2.04 bits per heavy atom. The number of aliphatic imine (C=N–C) groups is 1. The summed E-state index contributed by atoms with van der Waals surface area (Å²) in [6.45, 7) is 3.98. The molecule has 0 saturated heterocycles. The first-order valence-corrected chi connectivity index (χ1v) is 7.28. The highest BCUT2D eigenvalue weighted by molar-refractivity contribution is 6.12. The Labute approximate surface area is 138 Å². The van der Waals surface area contributed by atoms with Crippen molar-refractivity contribution in [3.05, 3.63) is 83.8 Å². The van der Waals surface area contributed by atoms with Crippen molar-refractivity contribution in [1.82, 2.24) is 0 Å². The fraction of sp³-hybridized carbons (Fsp3) is 0.0526. The quantitative estimate of drug-likeness (QED) is 0.478. The van der Waals surface area contributed by atoms with Gasteiger partial charge in [-0.15, -0.1) is 0 Å². The highest BCUT2D eigenvalue weighted by Gasteiger charge is 2.24. The van der Waals surface area contributed by atoms with Gasteiger partial charge in [-0.25, -0.2) is 14.2 Å². The average molecular weight is 323 g/mol. The zero-order valence-corrected chi connectivity index (χ0v) is 12.7. The number of cyclic esters (lactones) is 1. The molecule has 3 rings (SSSR count). The Bertz CT molecular complexity index is 855. The van der Waals surface area contributed by atoms with Crippen LogP contribution in [-0.2, 0) is 9.53 Å². The highest BCUT2D eigenvalue weighted by Crippen LogP contribution is 2.21. The molecule has 1 heterocycles. The molecule has 2 aromatic rings. The molecule has 4 nitrogen and oxygen atoms in total. The molecule has 0 atom stereocenters. The first-order chi connectivity index (χ1) is 11.7. The molecule has 120 valence electrons. The van der Waals surface area contributed by atoms with E-state index in [1.807, 2.05) is 12.1 Å². The van der Waals surface area contributed by atoms with Crippen molar-refractivity contribution in [1.29, 1.82) is 0 Å². The van der Waals surface area contributed by atoms with Crippen molar-refractivity contribution in [2.45, 2.75) is 0 Å². The van der Waals surface area contributed by atoms with E-state index >= 15 is 0 Å². The van der Waals surface area contributed by atoms with E-state index in [0.29, 0.717) is 17.9 Å². The third-order valence-electron chi connectivity index (χ3n) is 3.22. The summed E-state index contributed by atoms with van der Waals surface area (Å²) in [7, 11) is 0. The molecule has 2 aromatic carbocycles. The van der Waals surface area contributed by atoms with Crippen LogP contribution in [0.15, 0.2) is 71.9 Å². The van der Waals surface area contributed by atoms with Gasteiger partial charge in [0.1, 0.15) is 18.2 Å². The van der Waals surface area contributed by atoms with Gasteiger partial charge < -0.3 is 9.47 Å². The lowest BCUT2D eigenvalue weighted by molar-refractivity contribution is -0.129. The van der Waals surface area contributed by atoms with Crippen LogP contribution in [0.2, 0.25) is 0 Å². The van der Waals surface area contributed by atoms with Crippen molar-refractivity contribution in [2.24, 2.45) is 4.99 Å². The van der Waals surface area contributed by atoms with E-state index in [1.54, 1.807) is 30.4 Å². The van der Waals surface area contributed by atoms with Crippen LogP contribution in [-0.4, -0.2) is 18.5 Å². The van der Waals surface area contributed by atoms with Crippen LogP contribution in [0.4, 0.5) is 4.39 Å². The number of esters is 1. The van der Waals surface area contributed by atoms with Crippen LogP contribution in [0, 0.1) is 5.82 Å². The van der Waals surface area contributed by atoms with Gasteiger partial charge in [0, 0.05) is 5.56 Å². The molecule has 0 bridgehead atoms. The van der Waals surface area contributed by atoms with Gasteiger partial charge in [-0.2, -0.15) is 0 Å². The van der Waals surface area contributed by atoms with E-state index in [9.17, 15) is 9.18 Å². The number of benzene rings is 2. The van der Waals surface area contributed by atoms with Gasteiger partial charge in [0.2, 0.25) is 5.90 Å². The predicted molar refractivity (Wildman–Crippen MR) is 89.1 cm³/mol. The first-order valence-electron chi connectivity index (χ1n) is 7.28. The minimum atomic E-state index is -0.577. The maximum atomic E-state index is 13.3. The standard InChI is InChI=1S/C19H14FNO3/c1-2-9-23-16-8-3-5-13(10-16)11-17-19(22)24-18(21-17)14-6-4-7-15(20)12-14/h2-8,10-12H,1,9H2/b17-11-. The fourth-order valence-electron chi connectivity index (χ4n) is 2.16. The summed E-state index contributed by atoms with van der Waals surface area (Å²) in [5.41, 5.74) is 1.30. The maximum Gasteiger partial charge on any atom is 0.363 e. The van der Waals surface area contributed by atoms with Crippen molar-refractivity contribution >= 4 is 17.9 Å². The minimum Gasteiger partial charge on any atom is -0.490 e. The number of hydrogen-bond acceptors (Lipinski definition) is 4. The zero-order valence-electron chi connectivity index (χ0n) is 12.7. The second-order valence-corrected chi connectivity index (χ2v) is 5.02. The Hall–Kier alpha value is -3.21. The second-order valence-electron chi connectivity index (χ2n) is 5.02. The maximum absolute atomic E-state index is 13.3. The molecule has 0 fully saturated rings. The minimum absolute atomic E-state index is 0.0878. The zero-order chi connectivity index (χ0) is 16.9. The van der Waals surface area contributed by atoms with Crippen LogP contribution in [0.5, 0.6) is 5.75 Å². The Morgan fingerprint density at radius 1 is 1.21 bits per heavy atom. The normalized spacial score (nSPS) is 15.1. The van der Waals surface area contributed by atoms with Gasteiger partial charge in [0.25, 0.3) is 0 Å². The number of ether oxygens (including phenoxy) is 2. The summed E-state index contributed by atoms with van der Waals surface area (Å²) < 4.78 is 23.8. The van der Waals surface area contributed by atoms with E-state index in [0.717, 1.165) is 5.56 Å². The van der Waals surface area contributed by atoms with Gasteiger partial charge in [-0.3, -0.25) is 0 Å². The Kier molecular flexibility index (Phi) is 4.52.